The lowest BCUT2D eigenvalue weighted by atomic mass is 10.2. The van der Waals surface area contributed by atoms with Crippen LogP contribution in [-0.2, 0) is 6.54 Å². The van der Waals surface area contributed by atoms with E-state index in [2.05, 4.69) is 16.4 Å². The average Bonchev–Trinajstić information content (AvgIpc) is 2.25. The minimum Gasteiger partial charge on any atom is -0.393 e. The highest BCUT2D eigenvalue weighted by Gasteiger charge is 1.98. The number of hydrogen-bond acceptors (Lipinski definition) is 4. The molecular weight excluding hydrogens is 202 g/mol. The molecule has 0 saturated carbocycles. The van der Waals surface area contributed by atoms with Crippen molar-refractivity contribution in [3.63, 3.8) is 0 Å². The van der Waals surface area contributed by atoms with Gasteiger partial charge in [-0.2, -0.15) is 0 Å². The van der Waals surface area contributed by atoms with E-state index >= 15 is 0 Å². The van der Waals surface area contributed by atoms with Crippen LogP contribution in [0.5, 0.6) is 0 Å². The van der Waals surface area contributed by atoms with Crippen molar-refractivity contribution in [2.45, 2.75) is 26.0 Å². The molecule has 4 nitrogen and oxygen atoms in total. The third kappa shape index (κ3) is 4.59. The number of rotatable bonds is 6. The van der Waals surface area contributed by atoms with Gasteiger partial charge in [0.05, 0.1) is 6.10 Å². The van der Waals surface area contributed by atoms with Gasteiger partial charge in [-0.3, -0.25) is 0 Å². The van der Waals surface area contributed by atoms with Crippen LogP contribution >= 0.6 is 0 Å². The Bertz CT molecular complexity index is 296. The second-order valence-electron chi connectivity index (χ2n) is 4.23. The zero-order chi connectivity index (χ0) is 12.0. The zero-order valence-electron chi connectivity index (χ0n) is 10.3. The van der Waals surface area contributed by atoms with Crippen molar-refractivity contribution in [3.05, 3.63) is 23.9 Å². The molecule has 2 N–H and O–H groups in total. The standard InChI is InChI=1S/C12H21N3O/c1-10(16)6-7-13-8-11-4-5-12(14-9-11)15(2)3/h4-5,9-10,13,16H,6-8H2,1-3H3. The number of aliphatic hydroxyl groups excluding tert-OH is 1. The summed E-state index contributed by atoms with van der Waals surface area (Å²) in [6.07, 6.45) is 2.43. The summed E-state index contributed by atoms with van der Waals surface area (Å²) in [6, 6.07) is 4.07. The highest BCUT2D eigenvalue weighted by molar-refractivity contribution is 5.37. The first-order chi connectivity index (χ1) is 7.59. The lowest BCUT2D eigenvalue weighted by molar-refractivity contribution is 0.183. The van der Waals surface area contributed by atoms with E-state index in [0.717, 1.165) is 30.9 Å². The van der Waals surface area contributed by atoms with Crippen molar-refractivity contribution < 1.29 is 5.11 Å². The van der Waals surface area contributed by atoms with Crippen LogP contribution in [0.2, 0.25) is 0 Å². The van der Waals surface area contributed by atoms with Crippen LogP contribution in [0, 0.1) is 0 Å². The fourth-order valence-corrected chi connectivity index (χ4v) is 1.33. The van der Waals surface area contributed by atoms with Crippen molar-refractivity contribution in [3.8, 4) is 0 Å². The molecule has 0 fully saturated rings. The summed E-state index contributed by atoms with van der Waals surface area (Å²) >= 11 is 0. The Balaban J connectivity index is 2.32. The lowest BCUT2D eigenvalue weighted by Gasteiger charge is -2.11. The summed E-state index contributed by atoms with van der Waals surface area (Å²) in [7, 11) is 3.95. The zero-order valence-corrected chi connectivity index (χ0v) is 10.3. The van der Waals surface area contributed by atoms with Crippen molar-refractivity contribution >= 4 is 5.82 Å². The Morgan fingerprint density at radius 3 is 2.69 bits per heavy atom. The van der Waals surface area contributed by atoms with Gasteiger partial charge in [0, 0.05) is 26.8 Å². The number of pyridine rings is 1. The van der Waals surface area contributed by atoms with Gasteiger partial charge in [-0.15, -0.1) is 0 Å². The molecular formula is C12H21N3O. The second-order valence-corrected chi connectivity index (χ2v) is 4.23. The minimum atomic E-state index is -0.234. The highest BCUT2D eigenvalue weighted by atomic mass is 16.3. The molecule has 1 rings (SSSR count). The minimum absolute atomic E-state index is 0.234. The summed E-state index contributed by atoms with van der Waals surface area (Å²) in [5.74, 6) is 0.965. The van der Waals surface area contributed by atoms with Crippen LogP contribution in [0.4, 0.5) is 5.82 Å². The number of aromatic nitrogens is 1. The molecule has 0 amide bonds. The average molecular weight is 223 g/mol. The molecule has 16 heavy (non-hydrogen) atoms. The van der Waals surface area contributed by atoms with Gasteiger partial charge in [-0.05, 0) is 31.5 Å². The third-order valence-corrected chi connectivity index (χ3v) is 2.34. The molecule has 1 unspecified atom stereocenters. The molecule has 0 spiro atoms. The van der Waals surface area contributed by atoms with E-state index in [4.69, 9.17) is 5.11 Å². The van der Waals surface area contributed by atoms with Crippen LogP contribution in [0.15, 0.2) is 18.3 Å². The molecule has 0 bridgehead atoms. The summed E-state index contributed by atoms with van der Waals surface area (Å²) < 4.78 is 0. The monoisotopic (exact) mass is 223 g/mol. The molecule has 4 heteroatoms. The van der Waals surface area contributed by atoms with Crippen molar-refractivity contribution in [1.29, 1.82) is 0 Å². The van der Waals surface area contributed by atoms with E-state index in [1.807, 2.05) is 31.3 Å². The molecule has 0 aliphatic carbocycles. The van der Waals surface area contributed by atoms with Crippen LogP contribution < -0.4 is 10.2 Å². The molecule has 0 saturated heterocycles. The molecule has 0 aliphatic rings. The molecule has 0 aromatic carbocycles. The number of nitrogens with one attached hydrogen (secondary N) is 1. The van der Waals surface area contributed by atoms with Gasteiger partial charge < -0.3 is 15.3 Å². The Morgan fingerprint density at radius 1 is 1.44 bits per heavy atom. The van der Waals surface area contributed by atoms with Gasteiger partial charge in [-0.25, -0.2) is 4.98 Å². The summed E-state index contributed by atoms with van der Waals surface area (Å²) in [6.45, 7) is 3.43. The van der Waals surface area contributed by atoms with E-state index in [1.165, 1.54) is 0 Å². The van der Waals surface area contributed by atoms with Gasteiger partial charge in [0.25, 0.3) is 0 Å². The maximum atomic E-state index is 9.09. The lowest BCUT2D eigenvalue weighted by Crippen LogP contribution is -2.19. The smallest absolute Gasteiger partial charge is 0.127 e. The Kier molecular flexibility index (Phi) is 5.22. The fraction of sp³-hybridized carbons (Fsp3) is 0.583. The Labute approximate surface area is 97.3 Å². The van der Waals surface area contributed by atoms with Gasteiger partial charge in [0.2, 0.25) is 0 Å². The topological polar surface area (TPSA) is 48.4 Å². The Hall–Kier alpha value is -1.13. The van der Waals surface area contributed by atoms with Crippen LogP contribution in [0.25, 0.3) is 0 Å². The molecule has 90 valence electrons. The first kappa shape index (κ1) is 12.9. The maximum Gasteiger partial charge on any atom is 0.127 e. The molecule has 0 aliphatic heterocycles. The van der Waals surface area contributed by atoms with Crippen LogP contribution in [0.1, 0.15) is 18.9 Å². The van der Waals surface area contributed by atoms with Gasteiger partial charge in [0.1, 0.15) is 5.82 Å². The molecule has 1 aromatic rings. The first-order valence-corrected chi connectivity index (χ1v) is 5.60. The number of hydrogen-bond donors (Lipinski definition) is 2. The SMILES string of the molecule is CC(O)CCNCc1ccc(N(C)C)nc1. The summed E-state index contributed by atoms with van der Waals surface area (Å²) in [4.78, 5) is 6.31. The largest absolute Gasteiger partial charge is 0.393 e. The predicted molar refractivity (Wildman–Crippen MR) is 66.6 cm³/mol. The number of nitrogens with zero attached hydrogens (tertiary/aromatic N) is 2. The Morgan fingerprint density at radius 2 is 2.19 bits per heavy atom. The van der Waals surface area contributed by atoms with Gasteiger partial charge in [0.15, 0.2) is 0 Å². The van der Waals surface area contributed by atoms with E-state index < -0.39 is 0 Å². The van der Waals surface area contributed by atoms with Crippen molar-refractivity contribution in [2.75, 3.05) is 25.5 Å². The predicted octanol–water partition coefficient (Wildman–Crippen LogP) is 1.01. The molecule has 1 atom stereocenters. The van der Waals surface area contributed by atoms with Crippen molar-refractivity contribution in [2.24, 2.45) is 0 Å². The summed E-state index contributed by atoms with van der Waals surface area (Å²) in [5.41, 5.74) is 1.16. The molecule has 0 radical (unpaired) electrons. The highest BCUT2D eigenvalue weighted by Crippen LogP contribution is 2.07. The molecule has 1 heterocycles. The summed E-state index contributed by atoms with van der Waals surface area (Å²) in [5, 5.41) is 12.4. The quantitative estimate of drug-likeness (QED) is 0.707. The second kappa shape index (κ2) is 6.45. The van der Waals surface area contributed by atoms with Crippen LogP contribution in [0.3, 0.4) is 0 Å². The van der Waals surface area contributed by atoms with Gasteiger partial charge >= 0.3 is 0 Å². The molecule has 1 aromatic heterocycles. The van der Waals surface area contributed by atoms with Crippen LogP contribution in [-0.4, -0.2) is 36.8 Å². The van der Waals surface area contributed by atoms with E-state index in [1.54, 1.807) is 6.92 Å². The first-order valence-electron chi connectivity index (χ1n) is 5.60. The van der Waals surface area contributed by atoms with E-state index in [0.29, 0.717) is 0 Å². The normalized spacial score (nSPS) is 12.5. The third-order valence-electron chi connectivity index (χ3n) is 2.34. The van der Waals surface area contributed by atoms with E-state index in [-0.39, 0.29) is 6.10 Å². The van der Waals surface area contributed by atoms with E-state index in [9.17, 15) is 0 Å². The number of anilines is 1. The maximum absolute atomic E-state index is 9.09. The number of aliphatic hydroxyl groups is 1. The van der Waals surface area contributed by atoms with Crippen molar-refractivity contribution in [1.82, 2.24) is 10.3 Å². The fourth-order valence-electron chi connectivity index (χ4n) is 1.33. The van der Waals surface area contributed by atoms with Gasteiger partial charge in [-0.1, -0.05) is 6.07 Å².